The summed E-state index contributed by atoms with van der Waals surface area (Å²) in [6.07, 6.45) is 0. The summed E-state index contributed by atoms with van der Waals surface area (Å²) in [7, 11) is 0. The van der Waals surface area contributed by atoms with Crippen molar-refractivity contribution >= 4 is 44.1 Å². The molecule has 0 spiro atoms. The monoisotopic (exact) mass is 381 g/mol. The van der Waals surface area contributed by atoms with Gasteiger partial charge in [-0.15, -0.1) is 0 Å². The number of nitrogens with one attached hydrogen (secondary N) is 1. The molecule has 7 heteroatoms. The third-order valence-electron chi connectivity index (χ3n) is 4.47. The zero-order valence-corrected chi connectivity index (χ0v) is 15.7. The lowest BCUT2D eigenvalue weighted by Gasteiger charge is -2.25. The molecule has 0 aliphatic carbocycles. The highest BCUT2D eigenvalue weighted by Crippen LogP contribution is 2.30. The molecular formula is C20H19N3O3S. The van der Waals surface area contributed by atoms with Crippen LogP contribution in [0.25, 0.3) is 10.2 Å². The molecule has 1 aliphatic heterocycles. The number of benzene rings is 2. The third-order valence-corrected chi connectivity index (χ3v) is 5.55. The molecule has 138 valence electrons. The number of aromatic nitrogens is 1. The predicted molar refractivity (Wildman–Crippen MR) is 107 cm³/mol. The number of carbonyl (C=O) groups excluding carboxylic acids is 2. The highest BCUT2D eigenvalue weighted by atomic mass is 32.1. The van der Waals surface area contributed by atoms with Crippen molar-refractivity contribution in [2.45, 2.75) is 6.92 Å². The van der Waals surface area contributed by atoms with Crippen LogP contribution in [-0.4, -0.2) is 43.0 Å². The highest BCUT2D eigenvalue weighted by Gasteiger charge is 2.16. The van der Waals surface area contributed by atoms with E-state index in [0.29, 0.717) is 30.0 Å². The van der Waals surface area contributed by atoms with Crippen LogP contribution in [0, 0.1) is 0 Å². The molecule has 27 heavy (non-hydrogen) atoms. The minimum Gasteiger partial charge on any atom is -0.378 e. The number of morpholine rings is 1. The second kappa shape index (κ2) is 7.46. The van der Waals surface area contributed by atoms with Gasteiger partial charge in [0, 0.05) is 29.9 Å². The summed E-state index contributed by atoms with van der Waals surface area (Å²) in [6.45, 7) is 4.62. The Balaban J connectivity index is 1.52. The third kappa shape index (κ3) is 3.84. The Morgan fingerprint density at radius 1 is 1.07 bits per heavy atom. The van der Waals surface area contributed by atoms with Gasteiger partial charge < -0.3 is 15.0 Å². The summed E-state index contributed by atoms with van der Waals surface area (Å²) in [5, 5.41) is 3.83. The molecule has 0 saturated carbocycles. The normalized spacial score (nSPS) is 14.3. The second-order valence-electron chi connectivity index (χ2n) is 6.37. The van der Waals surface area contributed by atoms with Gasteiger partial charge in [0.15, 0.2) is 10.9 Å². The van der Waals surface area contributed by atoms with Gasteiger partial charge in [0.25, 0.3) is 5.91 Å². The highest BCUT2D eigenvalue weighted by molar-refractivity contribution is 7.22. The van der Waals surface area contributed by atoms with E-state index in [-0.39, 0.29) is 11.7 Å². The topological polar surface area (TPSA) is 71.5 Å². The number of hydrogen-bond acceptors (Lipinski definition) is 6. The molecule has 1 aliphatic rings. The molecule has 1 fully saturated rings. The van der Waals surface area contributed by atoms with E-state index in [2.05, 4.69) is 15.2 Å². The summed E-state index contributed by atoms with van der Waals surface area (Å²) < 4.78 is 6.37. The Labute approximate surface area is 160 Å². The fourth-order valence-electron chi connectivity index (χ4n) is 2.94. The molecule has 0 unspecified atom stereocenters. The van der Waals surface area contributed by atoms with Crippen LogP contribution in [-0.2, 0) is 4.74 Å². The Morgan fingerprint density at radius 3 is 2.48 bits per heavy atom. The van der Waals surface area contributed by atoms with E-state index < -0.39 is 0 Å². The van der Waals surface area contributed by atoms with Crippen molar-refractivity contribution < 1.29 is 14.3 Å². The zero-order valence-electron chi connectivity index (χ0n) is 14.9. The van der Waals surface area contributed by atoms with Crippen molar-refractivity contribution in [3.63, 3.8) is 0 Å². The van der Waals surface area contributed by atoms with Gasteiger partial charge in [-0.1, -0.05) is 11.3 Å². The number of fused-ring (bicyclic) bond motifs is 1. The van der Waals surface area contributed by atoms with Crippen LogP contribution >= 0.6 is 11.3 Å². The Morgan fingerprint density at radius 2 is 1.78 bits per heavy atom. The maximum absolute atomic E-state index is 12.6. The molecule has 2 aromatic carbocycles. The Hall–Kier alpha value is -2.77. The summed E-state index contributed by atoms with van der Waals surface area (Å²) in [6, 6.07) is 12.4. The molecule has 2 heterocycles. The summed E-state index contributed by atoms with van der Waals surface area (Å²) >= 11 is 1.59. The summed E-state index contributed by atoms with van der Waals surface area (Å²) in [5.74, 6) is -0.187. The number of rotatable bonds is 4. The number of Topliss-reactive ketones (excluding diaryl/α,β-unsaturated/α-hetero) is 1. The van der Waals surface area contributed by atoms with Gasteiger partial charge in [-0.3, -0.25) is 9.59 Å². The molecule has 0 bridgehead atoms. The molecule has 1 amide bonds. The van der Waals surface area contributed by atoms with E-state index in [1.807, 2.05) is 12.1 Å². The molecule has 0 atom stereocenters. The van der Waals surface area contributed by atoms with Gasteiger partial charge in [0.2, 0.25) is 0 Å². The van der Waals surface area contributed by atoms with Gasteiger partial charge in [-0.25, -0.2) is 4.98 Å². The zero-order chi connectivity index (χ0) is 18.8. The predicted octanol–water partition coefficient (Wildman–Crippen LogP) is 3.59. The van der Waals surface area contributed by atoms with Gasteiger partial charge in [0.05, 0.1) is 23.4 Å². The maximum atomic E-state index is 12.6. The van der Waals surface area contributed by atoms with Crippen LogP contribution in [0.2, 0.25) is 0 Å². The minimum atomic E-state index is -0.186. The number of amides is 1. The van der Waals surface area contributed by atoms with E-state index >= 15 is 0 Å². The Kier molecular flexibility index (Phi) is 4.87. The van der Waals surface area contributed by atoms with E-state index in [4.69, 9.17) is 4.74 Å². The molecule has 1 N–H and O–H groups in total. The number of hydrogen-bond donors (Lipinski definition) is 1. The lowest BCUT2D eigenvalue weighted by molar-refractivity contribution is 0.101. The largest absolute Gasteiger partial charge is 0.378 e. The van der Waals surface area contributed by atoms with Crippen LogP contribution < -0.4 is 10.2 Å². The van der Waals surface area contributed by atoms with Crippen LogP contribution in [0.1, 0.15) is 27.6 Å². The first kappa shape index (κ1) is 17.6. The first-order chi connectivity index (χ1) is 13.1. The van der Waals surface area contributed by atoms with Crippen molar-refractivity contribution in [3.05, 3.63) is 53.6 Å². The number of anilines is 2. The van der Waals surface area contributed by atoms with E-state index in [9.17, 15) is 9.59 Å². The molecule has 1 aromatic heterocycles. The van der Waals surface area contributed by atoms with E-state index in [1.165, 1.54) is 6.92 Å². The lowest BCUT2D eigenvalue weighted by atomic mass is 10.1. The first-order valence-corrected chi connectivity index (χ1v) is 9.57. The number of carbonyl (C=O) groups is 2. The second-order valence-corrected chi connectivity index (χ2v) is 7.38. The SMILES string of the molecule is CC(=O)c1ccc(NC(=O)c2ccc3nc(N4CCOCC4)sc3c2)cc1. The fraction of sp³-hybridized carbons (Fsp3) is 0.250. The quantitative estimate of drug-likeness (QED) is 0.700. The number of ketones is 1. The average molecular weight is 381 g/mol. The first-order valence-electron chi connectivity index (χ1n) is 8.76. The molecule has 3 aromatic rings. The van der Waals surface area contributed by atoms with Crippen molar-refractivity contribution in [2.24, 2.45) is 0 Å². The standard InChI is InChI=1S/C20H19N3O3S/c1-13(24)14-2-5-16(6-3-14)21-19(25)15-4-7-17-18(12-15)27-20(22-17)23-8-10-26-11-9-23/h2-7,12H,8-11H2,1H3,(H,21,25). The molecule has 6 nitrogen and oxygen atoms in total. The van der Waals surface area contributed by atoms with E-state index in [1.54, 1.807) is 41.7 Å². The molecular weight excluding hydrogens is 362 g/mol. The average Bonchev–Trinajstić information content (AvgIpc) is 3.12. The summed E-state index contributed by atoms with van der Waals surface area (Å²) in [4.78, 5) is 30.8. The van der Waals surface area contributed by atoms with Gasteiger partial charge >= 0.3 is 0 Å². The van der Waals surface area contributed by atoms with Crippen molar-refractivity contribution in [2.75, 3.05) is 36.5 Å². The van der Waals surface area contributed by atoms with Gasteiger partial charge in [-0.2, -0.15) is 0 Å². The molecule has 0 radical (unpaired) electrons. The van der Waals surface area contributed by atoms with Crippen molar-refractivity contribution in [3.8, 4) is 0 Å². The maximum Gasteiger partial charge on any atom is 0.255 e. The smallest absolute Gasteiger partial charge is 0.255 e. The molecule has 1 saturated heterocycles. The van der Waals surface area contributed by atoms with Gasteiger partial charge in [-0.05, 0) is 49.4 Å². The van der Waals surface area contributed by atoms with Crippen LogP contribution in [0.4, 0.5) is 10.8 Å². The van der Waals surface area contributed by atoms with Crippen LogP contribution in [0.15, 0.2) is 42.5 Å². The fourth-order valence-corrected chi connectivity index (χ4v) is 3.99. The van der Waals surface area contributed by atoms with Crippen molar-refractivity contribution in [1.29, 1.82) is 0 Å². The van der Waals surface area contributed by atoms with Gasteiger partial charge in [0.1, 0.15) is 0 Å². The number of thiazole rings is 1. The number of ether oxygens (including phenoxy) is 1. The summed E-state index contributed by atoms with van der Waals surface area (Å²) in [5.41, 5.74) is 2.75. The minimum absolute atomic E-state index is 0.000374. The van der Waals surface area contributed by atoms with Crippen LogP contribution in [0.3, 0.4) is 0 Å². The van der Waals surface area contributed by atoms with Crippen molar-refractivity contribution in [1.82, 2.24) is 4.98 Å². The molecule has 4 rings (SSSR count). The van der Waals surface area contributed by atoms with Crippen LogP contribution in [0.5, 0.6) is 0 Å². The lowest BCUT2D eigenvalue weighted by Crippen LogP contribution is -2.36. The number of nitrogens with zero attached hydrogens (tertiary/aromatic N) is 2. The van der Waals surface area contributed by atoms with E-state index in [0.717, 1.165) is 28.4 Å². The Bertz CT molecular complexity index is 991.